The van der Waals surface area contributed by atoms with Crippen molar-refractivity contribution >= 4 is 37.6 Å². The third kappa shape index (κ3) is 4.08. The van der Waals surface area contributed by atoms with E-state index < -0.39 is 15.7 Å². The molecule has 5 nitrogen and oxygen atoms in total. The first-order chi connectivity index (χ1) is 14.8. The summed E-state index contributed by atoms with van der Waals surface area (Å²) in [6.07, 6.45) is 4.42. The van der Waals surface area contributed by atoms with Gasteiger partial charge < -0.3 is 10.3 Å². The molecule has 0 aliphatic carbocycles. The number of amides is 1. The zero-order chi connectivity index (χ0) is 22.2. The molecule has 1 aromatic heterocycles. The third-order valence-corrected chi connectivity index (χ3v) is 6.82. The Labute approximate surface area is 182 Å². The molecule has 0 aliphatic rings. The molecule has 0 unspecified atom stereocenters. The number of aryl methyl sites for hydroxylation is 1. The fraction of sp³-hybridized carbons (Fsp3) is 0.240. The molecule has 4 rings (SSSR count). The van der Waals surface area contributed by atoms with Crippen molar-refractivity contribution in [1.82, 2.24) is 4.57 Å². The van der Waals surface area contributed by atoms with E-state index >= 15 is 0 Å². The summed E-state index contributed by atoms with van der Waals surface area (Å²) < 4.78 is 26.2. The number of hydrogen-bond donors (Lipinski definition) is 1. The zero-order valence-electron chi connectivity index (χ0n) is 17.8. The van der Waals surface area contributed by atoms with Gasteiger partial charge in [0.1, 0.15) is 0 Å². The van der Waals surface area contributed by atoms with E-state index in [4.69, 9.17) is 5.73 Å². The number of carbonyl (C=O) groups excluding carboxylic acids is 1. The maximum absolute atomic E-state index is 12.1. The minimum atomic E-state index is -3.29. The van der Waals surface area contributed by atoms with Crippen molar-refractivity contribution in [2.45, 2.75) is 37.6 Å². The highest BCUT2D eigenvalue weighted by molar-refractivity contribution is 7.90. The monoisotopic (exact) mass is 434 g/mol. The summed E-state index contributed by atoms with van der Waals surface area (Å²) in [5, 5.41) is 1.82. The first kappa shape index (κ1) is 21.1. The molecule has 3 aromatic carbocycles. The average molecular weight is 435 g/mol. The second-order valence-corrected chi connectivity index (χ2v) is 10.0. The Hall–Kier alpha value is -3.12. The Morgan fingerprint density at radius 2 is 1.74 bits per heavy atom. The number of aromatic nitrogens is 1. The van der Waals surface area contributed by atoms with Crippen molar-refractivity contribution in [3.8, 4) is 0 Å². The van der Waals surface area contributed by atoms with Crippen LogP contribution in [-0.2, 0) is 22.8 Å². The Balaban J connectivity index is 1.95. The van der Waals surface area contributed by atoms with Crippen LogP contribution in [-0.4, -0.2) is 25.1 Å². The lowest BCUT2D eigenvalue weighted by molar-refractivity contribution is 0.100. The second-order valence-electron chi connectivity index (χ2n) is 8.02. The molecule has 0 radical (unpaired) electrons. The maximum Gasteiger partial charge on any atom is 0.249 e. The molecule has 2 N–H and O–H groups in total. The van der Waals surface area contributed by atoms with Gasteiger partial charge in [0.15, 0.2) is 9.84 Å². The van der Waals surface area contributed by atoms with E-state index in [-0.39, 0.29) is 0 Å². The number of rotatable bonds is 7. The zero-order valence-corrected chi connectivity index (χ0v) is 18.6. The van der Waals surface area contributed by atoms with Crippen LogP contribution in [0, 0.1) is 0 Å². The Morgan fingerprint density at radius 3 is 2.45 bits per heavy atom. The van der Waals surface area contributed by atoms with Gasteiger partial charge in [0.25, 0.3) is 0 Å². The molecule has 0 fully saturated rings. The second kappa shape index (κ2) is 8.19. The minimum absolute atomic E-state index is 0.298. The Kier molecular flexibility index (Phi) is 5.58. The van der Waals surface area contributed by atoms with Gasteiger partial charge in [0, 0.05) is 34.7 Å². The average Bonchev–Trinajstić information content (AvgIpc) is 3.05. The molecule has 0 spiro atoms. The van der Waals surface area contributed by atoms with E-state index in [0.717, 1.165) is 46.6 Å². The predicted octanol–water partition coefficient (Wildman–Crippen LogP) is 4.69. The number of carbonyl (C=O) groups is 1. The molecule has 1 heterocycles. The van der Waals surface area contributed by atoms with Crippen LogP contribution in [0.2, 0.25) is 0 Å². The van der Waals surface area contributed by atoms with Gasteiger partial charge >= 0.3 is 0 Å². The predicted molar refractivity (Wildman–Crippen MR) is 125 cm³/mol. The molecule has 0 saturated carbocycles. The lowest BCUT2D eigenvalue weighted by Crippen LogP contribution is -2.11. The van der Waals surface area contributed by atoms with E-state index in [0.29, 0.717) is 17.0 Å². The van der Waals surface area contributed by atoms with Crippen LogP contribution in [0.5, 0.6) is 0 Å². The molecule has 0 aliphatic heterocycles. The number of unbranched alkanes of at least 4 members (excludes halogenated alkanes) is 1. The molecule has 0 saturated heterocycles. The van der Waals surface area contributed by atoms with Crippen LogP contribution < -0.4 is 5.73 Å². The van der Waals surface area contributed by atoms with Gasteiger partial charge in [0.05, 0.1) is 10.4 Å². The quantitative estimate of drug-likeness (QED) is 0.458. The summed E-state index contributed by atoms with van der Waals surface area (Å²) >= 11 is 0. The van der Waals surface area contributed by atoms with Gasteiger partial charge in [-0.1, -0.05) is 43.7 Å². The van der Waals surface area contributed by atoms with Crippen molar-refractivity contribution < 1.29 is 13.2 Å². The lowest BCUT2D eigenvalue weighted by Gasteiger charge is -2.10. The summed E-state index contributed by atoms with van der Waals surface area (Å²) in [6, 6.07) is 18.9. The van der Waals surface area contributed by atoms with Crippen molar-refractivity contribution in [3.63, 3.8) is 0 Å². The highest BCUT2D eigenvalue weighted by Crippen LogP contribution is 2.33. The highest BCUT2D eigenvalue weighted by Gasteiger charge is 2.17. The smallest absolute Gasteiger partial charge is 0.249 e. The Morgan fingerprint density at radius 1 is 0.968 bits per heavy atom. The SMILES string of the molecule is CCCCc1ccc2c3c(C(N)=O)cccc3n(Cc3cccc(S(C)(=O)=O)c3)c2c1. The molecule has 6 heteroatoms. The summed E-state index contributed by atoms with van der Waals surface area (Å²) in [4.78, 5) is 12.4. The van der Waals surface area contributed by atoms with E-state index in [2.05, 4.69) is 29.7 Å². The standard InChI is InChI=1S/C25H26N2O3S/c1-3-4-7-17-12-13-20-23(15-17)27(22-11-6-10-21(24(20)22)25(26)28)16-18-8-5-9-19(14-18)31(2,29)30/h5-6,8-15H,3-4,7,16H2,1-2H3,(H2,26,28). The van der Waals surface area contributed by atoms with Crippen LogP contribution in [0.3, 0.4) is 0 Å². The molecule has 0 atom stereocenters. The van der Waals surface area contributed by atoms with Crippen molar-refractivity contribution in [2.75, 3.05) is 6.26 Å². The summed E-state index contributed by atoms with van der Waals surface area (Å²) in [7, 11) is -3.29. The van der Waals surface area contributed by atoms with Crippen molar-refractivity contribution in [3.05, 3.63) is 77.4 Å². The van der Waals surface area contributed by atoms with Gasteiger partial charge in [-0.15, -0.1) is 0 Å². The Bertz CT molecular complexity index is 1400. The number of sulfone groups is 1. The largest absolute Gasteiger partial charge is 0.366 e. The number of nitrogens with zero attached hydrogens (tertiary/aromatic N) is 1. The fourth-order valence-electron chi connectivity index (χ4n) is 4.16. The van der Waals surface area contributed by atoms with Crippen LogP contribution in [0.15, 0.2) is 65.6 Å². The maximum atomic E-state index is 12.1. The normalized spacial score (nSPS) is 11.9. The summed E-state index contributed by atoms with van der Waals surface area (Å²) in [6.45, 7) is 2.66. The molecular weight excluding hydrogens is 408 g/mol. The van der Waals surface area contributed by atoms with Gasteiger partial charge in [0.2, 0.25) is 5.91 Å². The summed E-state index contributed by atoms with van der Waals surface area (Å²) in [5.74, 6) is -0.459. The summed E-state index contributed by atoms with van der Waals surface area (Å²) in [5.41, 5.74) is 10.2. The number of nitrogens with two attached hydrogens (primary N) is 1. The number of benzene rings is 3. The van der Waals surface area contributed by atoms with Crippen molar-refractivity contribution in [1.29, 1.82) is 0 Å². The van der Waals surface area contributed by atoms with E-state index in [9.17, 15) is 13.2 Å². The molecule has 4 aromatic rings. The first-order valence-corrected chi connectivity index (χ1v) is 12.3. The number of primary amides is 1. The fourth-order valence-corrected chi connectivity index (χ4v) is 4.85. The molecule has 31 heavy (non-hydrogen) atoms. The highest BCUT2D eigenvalue weighted by atomic mass is 32.2. The lowest BCUT2D eigenvalue weighted by atomic mass is 10.0. The van der Waals surface area contributed by atoms with Gasteiger partial charge in [-0.25, -0.2) is 8.42 Å². The van der Waals surface area contributed by atoms with E-state index in [1.54, 1.807) is 24.3 Å². The van der Waals surface area contributed by atoms with Crippen LogP contribution in [0.4, 0.5) is 0 Å². The van der Waals surface area contributed by atoms with E-state index in [1.807, 2.05) is 18.2 Å². The molecule has 0 bridgehead atoms. The molecule has 1 amide bonds. The minimum Gasteiger partial charge on any atom is -0.366 e. The molecule has 160 valence electrons. The van der Waals surface area contributed by atoms with Gasteiger partial charge in [-0.3, -0.25) is 4.79 Å². The third-order valence-electron chi connectivity index (χ3n) is 5.71. The topological polar surface area (TPSA) is 82.2 Å². The number of hydrogen-bond acceptors (Lipinski definition) is 3. The molecular formula is C25H26N2O3S. The van der Waals surface area contributed by atoms with Gasteiger partial charge in [-0.05, 0) is 54.3 Å². The van der Waals surface area contributed by atoms with Crippen molar-refractivity contribution in [2.24, 2.45) is 5.73 Å². The number of fused-ring (bicyclic) bond motifs is 3. The van der Waals surface area contributed by atoms with Crippen LogP contribution in [0.25, 0.3) is 21.8 Å². The van der Waals surface area contributed by atoms with E-state index in [1.165, 1.54) is 11.8 Å². The van der Waals surface area contributed by atoms with Crippen LogP contribution in [0.1, 0.15) is 41.3 Å². The van der Waals surface area contributed by atoms with Crippen LogP contribution >= 0.6 is 0 Å². The van der Waals surface area contributed by atoms with Gasteiger partial charge in [-0.2, -0.15) is 0 Å². The first-order valence-electron chi connectivity index (χ1n) is 10.4.